The van der Waals surface area contributed by atoms with Crippen molar-refractivity contribution in [1.29, 1.82) is 0 Å². The molecule has 1 aromatic rings. The highest BCUT2D eigenvalue weighted by Gasteiger charge is 2.51. The standard InChI is InChI=1S/C20H25BO4/c1-19(2)20(3,4)25-21(24-19)16-8-12-18(13-9-16)23-14-15-6-10-17(22-5)11-7-15/h6,8,10-12,15H,7,14H2,1-5H3/t15-/m0/s1. The first kappa shape index (κ1) is 17.9. The summed E-state index contributed by atoms with van der Waals surface area (Å²) in [4.78, 5) is 0. The molecule has 0 unspecified atom stereocenters. The Balaban J connectivity index is 1.55. The van der Waals surface area contributed by atoms with Crippen molar-refractivity contribution in [2.24, 2.45) is 5.92 Å². The molecule has 5 heteroatoms. The topological polar surface area (TPSA) is 36.9 Å². The first-order valence-corrected chi connectivity index (χ1v) is 8.65. The third kappa shape index (κ3) is 3.86. The van der Waals surface area contributed by atoms with E-state index in [0.29, 0.717) is 18.3 Å². The fraction of sp³-hybridized carbons (Fsp3) is 0.500. The van der Waals surface area contributed by atoms with Crippen LogP contribution in [0.3, 0.4) is 0 Å². The Labute approximate surface area is 150 Å². The Morgan fingerprint density at radius 3 is 2.40 bits per heavy atom. The van der Waals surface area contributed by atoms with Crippen molar-refractivity contribution in [2.45, 2.75) is 45.3 Å². The van der Waals surface area contributed by atoms with E-state index in [1.165, 1.54) is 0 Å². The number of ether oxygens (including phenoxy) is 2. The molecule has 1 saturated heterocycles. The lowest BCUT2D eigenvalue weighted by Gasteiger charge is -2.32. The van der Waals surface area contributed by atoms with Crippen LogP contribution in [0, 0.1) is 18.1 Å². The Morgan fingerprint density at radius 2 is 1.88 bits per heavy atom. The molecule has 0 radical (unpaired) electrons. The molecule has 0 saturated carbocycles. The highest BCUT2D eigenvalue weighted by atomic mass is 16.7. The van der Waals surface area contributed by atoms with Gasteiger partial charge >= 0.3 is 7.12 Å². The van der Waals surface area contributed by atoms with Gasteiger partial charge in [-0.2, -0.15) is 0 Å². The summed E-state index contributed by atoms with van der Waals surface area (Å²) in [5.41, 5.74) is 0.113. The molecule has 0 N–H and O–H groups in total. The molecule has 1 aliphatic heterocycles. The predicted octanol–water partition coefficient (Wildman–Crippen LogP) is 3.07. The maximum atomic E-state index is 6.02. The summed E-state index contributed by atoms with van der Waals surface area (Å²) in [6, 6.07) is 9.98. The zero-order chi connectivity index (χ0) is 18.1. The van der Waals surface area contributed by atoms with Crippen LogP contribution >= 0.6 is 0 Å². The summed E-state index contributed by atoms with van der Waals surface area (Å²) in [6.07, 6.45) is 7.08. The molecule has 25 heavy (non-hydrogen) atoms. The lowest BCUT2D eigenvalue weighted by atomic mass is 9.80. The molecule has 4 nitrogen and oxygen atoms in total. The molecule has 132 valence electrons. The van der Waals surface area contributed by atoms with Crippen LogP contribution in [0.2, 0.25) is 0 Å². The molecule has 0 bridgehead atoms. The van der Waals surface area contributed by atoms with Crippen molar-refractivity contribution in [3.8, 4) is 5.75 Å². The van der Waals surface area contributed by atoms with E-state index in [1.54, 1.807) is 7.11 Å². The van der Waals surface area contributed by atoms with Gasteiger partial charge in [-0.25, -0.2) is 0 Å². The molecule has 1 heterocycles. The third-order valence-corrected chi connectivity index (χ3v) is 5.09. The summed E-state index contributed by atoms with van der Waals surface area (Å²) in [5, 5.41) is 0. The maximum absolute atomic E-state index is 6.02. The number of rotatable bonds is 5. The minimum absolute atomic E-state index is 0.343. The first-order chi connectivity index (χ1) is 11.8. The van der Waals surface area contributed by atoms with Crippen LogP contribution in [0.5, 0.6) is 5.75 Å². The fourth-order valence-corrected chi connectivity index (χ4v) is 2.69. The van der Waals surface area contributed by atoms with E-state index in [1.807, 2.05) is 45.9 Å². The fourth-order valence-electron chi connectivity index (χ4n) is 2.69. The lowest BCUT2D eigenvalue weighted by molar-refractivity contribution is 0.00578. The van der Waals surface area contributed by atoms with E-state index in [9.17, 15) is 0 Å². The molecule has 1 fully saturated rings. The summed E-state index contributed by atoms with van der Waals surface area (Å²) >= 11 is 0. The van der Waals surface area contributed by atoms with Gasteiger partial charge in [0.2, 0.25) is 0 Å². The second-order valence-electron chi connectivity index (χ2n) is 7.47. The quantitative estimate of drug-likeness (QED) is 0.772. The monoisotopic (exact) mass is 340 g/mol. The number of hydrogen-bond donors (Lipinski definition) is 0. The van der Waals surface area contributed by atoms with Crippen molar-refractivity contribution in [3.05, 3.63) is 48.3 Å². The van der Waals surface area contributed by atoms with Crippen LogP contribution < -0.4 is 10.2 Å². The van der Waals surface area contributed by atoms with Crippen LogP contribution in [0.25, 0.3) is 0 Å². The van der Waals surface area contributed by atoms with Crippen LogP contribution in [-0.4, -0.2) is 32.0 Å². The highest BCUT2D eigenvalue weighted by molar-refractivity contribution is 6.61. The smallest absolute Gasteiger partial charge is 0.497 e. The molecule has 0 amide bonds. The Morgan fingerprint density at radius 1 is 1.16 bits per heavy atom. The van der Waals surface area contributed by atoms with Crippen molar-refractivity contribution in [2.75, 3.05) is 13.7 Å². The number of methoxy groups -OCH3 is 1. The van der Waals surface area contributed by atoms with Gasteiger partial charge in [-0.1, -0.05) is 12.1 Å². The Kier molecular flexibility index (Phi) is 4.86. The molecule has 1 atom stereocenters. The molecular weight excluding hydrogens is 315 g/mol. The maximum Gasteiger partial charge on any atom is 0.503 e. The second-order valence-corrected chi connectivity index (χ2v) is 7.47. The summed E-state index contributed by atoms with van der Waals surface area (Å²) in [6.45, 7) is 8.75. The van der Waals surface area contributed by atoms with Gasteiger partial charge in [0.1, 0.15) is 5.76 Å². The average molecular weight is 340 g/mol. The zero-order valence-corrected chi connectivity index (χ0v) is 15.6. The largest absolute Gasteiger partial charge is 0.503 e. The minimum Gasteiger partial charge on any atom is -0.497 e. The molecule has 2 aliphatic rings. The van der Waals surface area contributed by atoms with E-state index in [2.05, 4.69) is 24.3 Å². The summed E-state index contributed by atoms with van der Waals surface area (Å²) in [5.74, 6) is 1.92. The van der Waals surface area contributed by atoms with Gasteiger partial charge in [-0.3, -0.25) is 0 Å². The SMILES string of the molecule is COC1=CC[C@@H](COc2c#cc(B3OC(C)(C)C(C)(C)O3)cc2)C=C1. The zero-order valence-electron chi connectivity index (χ0n) is 15.6. The lowest BCUT2D eigenvalue weighted by Crippen LogP contribution is -2.41. The van der Waals surface area contributed by atoms with E-state index in [0.717, 1.165) is 17.6 Å². The molecule has 3 rings (SSSR count). The Hall–Kier alpha value is -1.90. The van der Waals surface area contributed by atoms with Gasteiger partial charge in [-0.15, -0.1) is 0 Å². The average Bonchev–Trinajstić information content (AvgIpc) is 2.82. The van der Waals surface area contributed by atoms with Crippen molar-refractivity contribution < 1.29 is 18.8 Å². The van der Waals surface area contributed by atoms with Gasteiger partial charge < -0.3 is 18.8 Å². The van der Waals surface area contributed by atoms with Crippen LogP contribution in [0.15, 0.2) is 36.1 Å². The minimum atomic E-state index is -0.422. The number of allylic oxidation sites excluding steroid dienone is 2. The third-order valence-electron chi connectivity index (χ3n) is 5.09. The molecule has 0 aromatic heterocycles. The summed E-state index contributed by atoms with van der Waals surface area (Å²) < 4.78 is 23.1. The second kappa shape index (κ2) is 6.78. The van der Waals surface area contributed by atoms with Gasteiger partial charge in [0.25, 0.3) is 0 Å². The number of hydrogen-bond acceptors (Lipinski definition) is 4. The predicted molar refractivity (Wildman–Crippen MR) is 97.7 cm³/mol. The van der Waals surface area contributed by atoms with Crippen LogP contribution in [-0.2, 0) is 14.0 Å². The van der Waals surface area contributed by atoms with Gasteiger partial charge in [-0.05, 0) is 64.5 Å². The Bertz CT molecular complexity index is 645. The van der Waals surface area contributed by atoms with Gasteiger partial charge in [0.15, 0.2) is 5.75 Å². The van der Waals surface area contributed by atoms with Crippen molar-refractivity contribution in [3.63, 3.8) is 0 Å². The van der Waals surface area contributed by atoms with E-state index in [4.69, 9.17) is 18.8 Å². The highest BCUT2D eigenvalue weighted by Crippen LogP contribution is 2.36. The van der Waals surface area contributed by atoms with Crippen molar-refractivity contribution in [1.82, 2.24) is 0 Å². The first-order valence-electron chi connectivity index (χ1n) is 8.65. The molecule has 1 aliphatic carbocycles. The molecule has 0 spiro atoms. The van der Waals surface area contributed by atoms with E-state index >= 15 is 0 Å². The van der Waals surface area contributed by atoms with Gasteiger partial charge in [0.05, 0.1) is 24.9 Å². The van der Waals surface area contributed by atoms with Crippen LogP contribution in [0.1, 0.15) is 34.1 Å². The normalized spacial score (nSPS) is 23.8. The van der Waals surface area contributed by atoms with Crippen LogP contribution in [0.4, 0.5) is 0 Å². The molecule has 1 aromatic carbocycles. The van der Waals surface area contributed by atoms with Gasteiger partial charge in [0, 0.05) is 11.4 Å². The molecular formula is C20H25BO4. The van der Waals surface area contributed by atoms with Crippen molar-refractivity contribution >= 4 is 12.6 Å². The van der Waals surface area contributed by atoms with E-state index in [-0.39, 0.29) is 11.2 Å². The van der Waals surface area contributed by atoms with E-state index < -0.39 is 7.12 Å². The summed E-state index contributed by atoms with van der Waals surface area (Å²) in [7, 11) is 1.26.